The summed E-state index contributed by atoms with van der Waals surface area (Å²) >= 11 is 0. The van der Waals surface area contributed by atoms with Gasteiger partial charge in [0.15, 0.2) is 0 Å². The molecule has 5 nitrogen and oxygen atoms in total. The molecule has 0 radical (unpaired) electrons. The van der Waals surface area contributed by atoms with Crippen molar-refractivity contribution >= 4 is 10.0 Å². The van der Waals surface area contributed by atoms with Crippen LogP contribution in [0.5, 0.6) is 0 Å². The third-order valence-electron chi connectivity index (χ3n) is 3.56. The summed E-state index contributed by atoms with van der Waals surface area (Å²) in [6, 6.07) is 4.48. The van der Waals surface area contributed by atoms with Crippen molar-refractivity contribution in [3.63, 3.8) is 0 Å². The van der Waals surface area contributed by atoms with Gasteiger partial charge in [0, 0.05) is 13.1 Å². The first-order valence-electron chi connectivity index (χ1n) is 6.55. The number of aliphatic hydroxyl groups is 2. The van der Waals surface area contributed by atoms with E-state index in [1.807, 2.05) is 0 Å². The van der Waals surface area contributed by atoms with Crippen molar-refractivity contribution in [1.82, 2.24) is 4.31 Å². The van der Waals surface area contributed by atoms with Gasteiger partial charge in [0.05, 0.1) is 17.9 Å². The second-order valence-corrected chi connectivity index (χ2v) is 7.34. The third-order valence-corrected chi connectivity index (χ3v) is 5.42. The van der Waals surface area contributed by atoms with Gasteiger partial charge in [0.25, 0.3) is 0 Å². The average molecular weight is 339 g/mol. The van der Waals surface area contributed by atoms with Crippen molar-refractivity contribution in [2.45, 2.75) is 29.5 Å². The maximum absolute atomic E-state index is 12.3. The van der Waals surface area contributed by atoms with Crippen LogP contribution in [0.25, 0.3) is 0 Å². The number of β-amino-alcohol motifs (C(OH)–C–C–N with tert-alkyl or cyclic N) is 1. The number of hydrogen-bond acceptors (Lipinski definition) is 4. The maximum atomic E-state index is 12.3. The Labute approximate surface area is 126 Å². The summed E-state index contributed by atoms with van der Waals surface area (Å²) < 4.78 is 62.5. The standard InChI is InChI=1S/C13H16F3NO4S/c14-13(15,16)7-10-1-3-11(4-2-10)22(20,21)17-6-5-12(19,8-17)9-18/h1-4,18-19H,5-9H2. The SMILES string of the molecule is O=S(=O)(c1ccc(CC(F)(F)F)cc1)N1CCC(O)(CO)C1. The van der Waals surface area contributed by atoms with Gasteiger partial charge in [-0.3, -0.25) is 0 Å². The first-order valence-corrected chi connectivity index (χ1v) is 7.99. The molecule has 1 aromatic rings. The van der Waals surface area contributed by atoms with Gasteiger partial charge in [-0.05, 0) is 24.1 Å². The molecule has 2 rings (SSSR count). The highest BCUT2D eigenvalue weighted by Gasteiger charge is 2.41. The van der Waals surface area contributed by atoms with Crippen LogP contribution in [0.2, 0.25) is 0 Å². The summed E-state index contributed by atoms with van der Waals surface area (Å²) in [5.74, 6) is 0. The fourth-order valence-electron chi connectivity index (χ4n) is 2.31. The number of rotatable bonds is 4. The van der Waals surface area contributed by atoms with Gasteiger partial charge in [0.1, 0.15) is 5.60 Å². The predicted molar refractivity (Wildman–Crippen MR) is 71.6 cm³/mol. The second kappa shape index (κ2) is 5.80. The van der Waals surface area contributed by atoms with Crippen molar-refractivity contribution in [3.8, 4) is 0 Å². The highest BCUT2D eigenvalue weighted by Crippen LogP contribution is 2.28. The molecule has 0 spiro atoms. The van der Waals surface area contributed by atoms with Crippen LogP contribution >= 0.6 is 0 Å². The number of aliphatic hydroxyl groups excluding tert-OH is 1. The zero-order valence-electron chi connectivity index (χ0n) is 11.5. The van der Waals surface area contributed by atoms with Gasteiger partial charge < -0.3 is 10.2 Å². The van der Waals surface area contributed by atoms with Crippen LogP contribution in [0.15, 0.2) is 29.2 Å². The van der Waals surface area contributed by atoms with Gasteiger partial charge in [-0.15, -0.1) is 0 Å². The lowest BCUT2D eigenvalue weighted by atomic mass is 10.1. The highest BCUT2D eigenvalue weighted by molar-refractivity contribution is 7.89. The van der Waals surface area contributed by atoms with Crippen LogP contribution in [-0.4, -0.2) is 54.4 Å². The van der Waals surface area contributed by atoms with Crippen molar-refractivity contribution in [3.05, 3.63) is 29.8 Å². The molecule has 0 aromatic heterocycles. The summed E-state index contributed by atoms with van der Waals surface area (Å²) in [4.78, 5) is -0.138. The van der Waals surface area contributed by atoms with E-state index < -0.39 is 34.8 Å². The van der Waals surface area contributed by atoms with Gasteiger partial charge >= 0.3 is 6.18 Å². The molecule has 1 unspecified atom stereocenters. The fourth-order valence-corrected chi connectivity index (χ4v) is 3.83. The largest absolute Gasteiger partial charge is 0.393 e. The summed E-state index contributed by atoms with van der Waals surface area (Å²) in [7, 11) is -3.90. The molecule has 0 bridgehead atoms. The summed E-state index contributed by atoms with van der Waals surface area (Å²) in [6.45, 7) is -0.747. The molecule has 22 heavy (non-hydrogen) atoms. The summed E-state index contributed by atoms with van der Waals surface area (Å²) in [5.41, 5.74) is -1.50. The molecule has 1 aliphatic heterocycles. The minimum atomic E-state index is -4.35. The van der Waals surface area contributed by atoms with Gasteiger partial charge in [-0.1, -0.05) is 12.1 Å². The number of benzene rings is 1. The first kappa shape index (κ1) is 17.2. The predicted octanol–water partition coefficient (Wildman–Crippen LogP) is 0.909. The van der Waals surface area contributed by atoms with E-state index in [9.17, 15) is 26.7 Å². The Hall–Kier alpha value is -1.16. The Morgan fingerprint density at radius 1 is 1.23 bits per heavy atom. The lowest BCUT2D eigenvalue weighted by Crippen LogP contribution is -2.38. The van der Waals surface area contributed by atoms with Crippen LogP contribution in [-0.2, 0) is 16.4 Å². The molecule has 1 atom stereocenters. The quantitative estimate of drug-likeness (QED) is 0.855. The third kappa shape index (κ3) is 3.78. The zero-order chi connectivity index (χ0) is 16.6. The second-order valence-electron chi connectivity index (χ2n) is 5.41. The molecule has 0 amide bonds. The molecule has 1 saturated heterocycles. The summed E-state index contributed by atoms with van der Waals surface area (Å²) in [6.07, 6.45) is -5.37. The lowest BCUT2D eigenvalue weighted by molar-refractivity contribution is -0.127. The molecule has 0 aliphatic carbocycles. The van der Waals surface area contributed by atoms with Crippen LogP contribution in [0.1, 0.15) is 12.0 Å². The zero-order valence-corrected chi connectivity index (χ0v) is 12.4. The number of halogens is 3. The van der Waals surface area contributed by atoms with E-state index in [0.29, 0.717) is 0 Å². The Morgan fingerprint density at radius 3 is 2.27 bits per heavy atom. The van der Waals surface area contributed by atoms with Crippen LogP contribution < -0.4 is 0 Å². The maximum Gasteiger partial charge on any atom is 0.393 e. The van der Waals surface area contributed by atoms with E-state index in [0.717, 1.165) is 28.6 Å². The topological polar surface area (TPSA) is 77.8 Å². The normalized spacial score (nSPS) is 23.9. The monoisotopic (exact) mass is 339 g/mol. The molecule has 1 aromatic carbocycles. The molecular weight excluding hydrogens is 323 g/mol. The van der Waals surface area contributed by atoms with E-state index in [2.05, 4.69) is 0 Å². The van der Waals surface area contributed by atoms with Crippen LogP contribution in [0.4, 0.5) is 13.2 Å². The lowest BCUT2D eigenvalue weighted by Gasteiger charge is -2.20. The highest BCUT2D eigenvalue weighted by atomic mass is 32.2. The summed E-state index contributed by atoms with van der Waals surface area (Å²) in [5, 5.41) is 18.9. The van der Waals surface area contributed by atoms with Crippen molar-refractivity contribution in [2.75, 3.05) is 19.7 Å². The number of alkyl halides is 3. The molecular formula is C13H16F3NO4S. The van der Waals surface area contributed by atoms with E-state index in [4.69, 9.17) is 5.11 Å². The Bertz CT molecular complexity index is 630. The van der Waals surface area contributed by atoms with Gasteiger partial charge in [-0.25, -0.2) is 8.42 Å². The van der Waals surface area contributed by atoms with Crippen molar-refractivity contribution in [2.24, 2.45) is 0 Å². The van der Waals surface area contributed by atoms with Crippen molar-refractivity contribution < 1.29 is 31.8 Å². The molecule has 1 aliphatic rings. The van der Waals surface area contributed by atoms with E-state index in [1.54, 1.807) is 0 Å². The fraction of sp³-hybridized carbons (Fsp3) is 0.538. The molecule has 2 N–H and O–H groups in total. The molecule has 1 fully saturated rings. The van der Waals surface area contributed by atoms with E-state index >= 15 is 0 Å². The molecule has 0 saturated carbocycles. The Balaban J connectivity index is 2.17. The Kier molecular flexibility index (Phi) is 4.54. The van der Waals surface area contributed by atoms with E-state index in [-0.39, 0.29) is 30.0 Å². The van der Waals surface area contributed by atoms with Crippen LogP contribution in [0.3, 0.4) is 0 Å². The Morgan fingerprint density at radius 2 is 1.82 bits per heavy atom. The minimum Gasteiger partial charge on any atom is -0.393 e. The van der Waals surface area contributed by atoms with E-state index in [1.165, 1.54) is 0 Å². The smallest absolute Gasteiger partial charge is 0.393 e. The van der Waals surface area contributed by atoms with Gasteiger partial charge in [-0.2, -0.15) is 17.5 Å². The average Bonchev–Trinajstić information content (AvgIpc) is 2.82. The van der Waals surface area contributed by atoms with Crippen molar-refractivity contribution in [1.29, 1.82) is 0 Å². The first-order chi connectivity index (χ1) is 10.1. The minimum absolute atomic E-state index is 0.0280. The van der Waals surface area contributed by atoms with Crippen LogP contribution in [0, 0.1) is 0 Å². The molecule has 9 heteroatoms. The number of nitrogens with zero attached hydrogens (tertiary/aromatic N) is 1. The number of sulfonamides is 1. The number of hydrogen-bond donors (Lipinski definition) is 2. The van der Waals surface area contributed by atoms with Gasteiger partial charge in [0.2, 0.25) is 10.0 Å². The molecule has 124 valence electrons. The molecule has 1 heterocycles.